The van der Waals surface area contributed by atoms with Crippen LogP contribution in [0, 0.1) is 0 Å². The summed E-state index contributed by atoms with van der Waals surface area (Å²) < 4.78 is 4.68. The lowest BCUT2D eigenvalue weighted by molar-refractivity contribution is 0.0922. The minimum atomic E-state index is -0.237. The van der Waals surface area contributed by atoms with Gasteiger partial charge in [0.25, 0.3) is 0 Å². The van der Waals surface area contributed by atoms with Crippen molar-refractivity contribution in [3.05, 3.63) is 0 Å². The first-order valence-corrected chi connectivity index (χ1v) is 4.40. The van der Waals surface area contributed by atoms with Crippen molar-refractivity contribution < 1.29 is 9.53 Å². The molecule has 0 bridgehead atoms. The fourth-order valence-corrected chi connectivity index (χ4v) is 1.20. The molecule has 0 saturated heterocycles. The maximum Gasteiger partial charge on any atom is 0.409 e. The number of carbonyl (C=O) groups is 1. The Kier molecular flexibility index (Phi) is 4.71. The first-order valence-electron chi connectivity index (χ1n) is 4.40. The third kappa shape index (κ3) is 2.72. The fourth-order valence-electron chi connectivity index (χ4n) is 1.20. The Morgan fingerprint density at radius 1 is 1.42 bits per heavy atom. The molecule has 0 N–H and O–H groups in total. The van der Waals surface area contributed by atoms with E-state index in [1.165, 1.54) is 7.11 Å². The standard InChI is InChI=1S/C9H19NO2/c1-6-8(4)10(7(2)3)9(11)12-5/h7-8H,6H2,1-5H3. The highest BCUT2D eigenvalue weighted by molar-refractivity contribution is 5.68. The Bertz CT molecular complexity index is 145. The quantitative estimate of drug-likeness (QED) is 0.655. The van der Waals surface area contributed by atoms with Gasteiger partial charge < -0.3 is 9.64 Å². The Morgan fingerprint density at radius 3 is 2.17 bits per heavy atom. The van der Waals surface area contributed by atoms with Gasteiger partial charge in [0.15, 0.2) is 0 Å². The van der Waals surface area contributed by atoms with Crippen molar-refractivity contribution in [2.45, 2.75) is 46.2 Å². The molecule has 0 radical (unpaired) electrons. The van der Waals surface area contributed by atoms with Crippen molar-refractivity contribution in [3.63, 3.8) is 0 Å². The van der Waals surface area contributed by atoms with Gasteiger partial charge in [-0.25, -0.2) is 4.79 Å². The molecule has 0 saturated carbocycles. The number of hydrogen-bond donors (Lipinski definition) is 0. The largest absolute Gasteiger partial charge is 0.453 e. The predicted octanol–water partition coefficient (Wildman–Crippen LogP) is 2.26. The number of nitrogens with zero attached hydrogens (tertiary/aromatic N) is 1. The molecule has 0 spiro atoms. The van der Waals surface area contributed by atoms with E-state index < -0.39 is 0 Å². The molecule has 72 valence electrons. The summed E-state index contributed by atoms with van der Waals surface area (Å²) in [5.74, 6) is 0. The Morgan fingerprint density at radius 2 is 1.92 bits per heavy atom. The molecule has 1 atom stereocenters. The third-order valence-electron chi connectivity index (χ3n) is 2.01. The van der Waals surface area contributed by atoms with Crippen LogP contribution in [0.3, 0.4) is 0 Å². The zero-order chi connectivity index (χ0) is 9.72. The van der Waals surface area contributed by atoms with Crippen LogP contribution in [0.25, 0.3) is 0 Å². The predicted molar refractivity (Wildman–Crippen MR) is 49.1 cm³/mol. The second kappa shape index (κ2) is 5.01. The van der Waals surface area contributed by atoms with Gasteiger partial charge in [-0.1, -0.05) is 6.92 Å². The third-order valence-corrected chi connectivity index (χ3v) is 2.01. The first-order chi connectivity index (χ1) is 5.54. The minimum absolute atomic E-state index is 0.201. The smallest absolute Gasteiger partial charge is 0.409 e. The highest BCUT2D eigenvalue weighted by atomic mass is 16.5. The van der Waals surface area contributed by atoms with Gasteiger partial charge in [0.05, 0.1) is 7.11 Å². The molecular formula is C9H19NO2. The summed E-state index contributed by atoms with van der Waals surface area (Å²) >= 11 is 0. The molecule has 3 heteroatoms. The van der Waals surface area contributed by atoms with E-state index in [-0.39, 0.29) is 18.2 Å². The van der Waals surface area contributed by atoms with Crippen molar-refractivity contribution in [3.8, 4) is 0 Å². The molecule has 0 aromatic carbocycles. The average Bonchev–Trinajstić information content (AvgIpc) is 2.03. The highest BCUT2D eigenvalue weighted by Crippen LogP contribution is 2.09. The molecule has 0 rings (SSSR count). The summed E-state index contributed by atoms with van der Waals surface area (Å²) in [5, 5.41) is 0. The van der Waals surface area contributed by atoms with E-state index in [9.17, 15) is 4.79 Å². The van der Waals surface area contributed by atoms with Gasteiger partial charge in [-0.3, -0.25) is 0 Å². The Hall–Kier alpha value is -0.730. The molecule has 0 aliphatic rings. The van der Waals surface area contributed by atoms with Crippen molar-refractivity contribution in [2.24, 2.45) is 0 Å². The van der Waals surface area contributed by atoms with Gasteiger partial charge in [-0.15, -0.1) is 0 Å². The lowest BCUT2D eigenvalue weighted by atomic mass is 10.2. The van der Waals surface area contributed by atoms with Crippen LogP contribution in [0.4, 0.5) is 4.79 Å². The summed E-state index contributed by atoms with van der Waals surface area (Å²) in [6.45, 7) is 8.06. The summed E-state index contributed by atoms with van der Waals surface area (Å²) in [6, 6.07) is 0.449. The SMILES string of the molecule is CCC(C)N(C(=O)OC)C(C)C. The molecule has 1 amide bonds. The van der Waals surface area contributed by atoms with Crippen LogP contribution in [-0.2, 0) is 4.74 Å². The first kappa shape index (κ1) is 11.3. The van der Waals surface area contributed by atoms with Gasteiger partial charge in [0.1, 0.15) is 0 Å². The van der Waals surface area contributed by atoms with E-state index in [0.29, 0.717) is 0 Å². The van der Waals surface area contributed by atoms with Crippen LogP contribution in [0.2, 0.25) is 0 Å². The molecule has 0 aromatic heterocycles. The van der Waals surface area contributed by atoms with Gasteiger partial charge in [0.2, 0.25) is 0 Å². The maximum atomic E-state index is 11.3. The van der Waals surface area contributed by atoms with E-state index in [4.69, 9.17) is 0 Å². The molecule has 0 aliphatic heterocycles. The second-order valence-electron chi connectivity index (χ2n) is 3.23. The second-order valence-corrected chi connectivity index (χ2v) is 3.23. The normalized spacial score (nSPS) is 12.8. The van der Waals surface area contributed by atoms with Crippen LogP contribution < -0.4 is 0 Å². The Balaban J connectivity index is 4.32. The lowest BCUT2D eigenvalue weighted by Crippen LogP contribution is -2.43. The molecule has 3 nitrogen and oxygen atoms in total. The Labute approximate surface area is 74.7 Å². The van der Waals surface area contributed by atoms with E-state index in [1.54, 1.807) is 4.90 Å². The summed E-state index contributed by atoms with van der Waals surface area (Å²) in [7, 11) is 1.42. The van der Waals surface area contributed by atoms with E-state index >= 15 is 0 Å². The van der Waals surface area contributed by atoms with Crippen molar-refractivity contribution in [2.75, 3.05) is 7.11 Å². The highest BCUT2D eigenvalue weighted by Gasteiger charge is 2.21. The van der Waals surface area contributed by atoms with E-state index in [0.717, 1.165) is 6.42 Å². The zero-order valence-corrected chi connectivity index (χ0v) is 8.63. The fraction of sp³-hybridized carbons (Fsp3) is 0.889. The number of hydrogen-bond acceptors (Lipinski definition) is 2. The zero-order valence-electron chi connectivity index (χ0n) is 8.63. The van der Waals surface area contributed by atoms with Crippen LogP contribution in [0.5, 0.6) is 0 Å². The van der Waals surface area contributed by atoms with Crippen molar-refractivity contribution in [1.82, 2.24) is 4.90 Å². The number of carbonyl (C=O) groups excluding carboxylic acids is 1. The van der Waals surface area contributed by atoms with Crippen LogP contribution in [-0.4, -0.2) is 30.2 Å². The number of ether oxygens (including phenoxy) is 1. The average molecular weight is 173 g/mol. The topological polar surface area (TPSA) is 29.5 Å². The van der Waals surface area contributed by atoms with Gasteiger partial charge in [0, 0.05) is 12.1 Å². The monoisotopic (exact) mass is 173 g/mol. The summed E-state index contributed by atoms with van der Waals surface area (Å²) in [6.07, 6.45) is 0.715. The number of amides is 1. The van der Waals surface area contributed by atoms with Crippen LogP contribution >= 0.6 is 0 Å². The van der Waals surface area contributed by atoms with Crippen molar-refractivity contribution >= 4 is 6.09 Å². The van der Waals surface area contributed by atoms with Gasteiger partial charge >= 0.3 is 6.09 Å². The van der Waals surface area contributed by atoms with E-state index in [1.807, 2.05) is 20.8 Å². The molecule has 12 heavy (non-hydrogen) atoms. The van der Waals surface area contributed by atoms with Crippen LogP contribution in [0.15, 0.2) is 0 Å². The van der Waals surface area contributed by atoms with Crippen LogP contribution in [0.1, 0.15) is 34.1 Å². The van der Waals surface area contributed by atoms with Gasteiger partial charge in [-0.2, -0.15) is 0 Å². The maximum absolute atomic E-state index is 11.3. The van der Waals surface area contributed by atoms with Gasteiger partial charge in [-0.05, 0) is 27.2 Å². The molecule has 0 aliphatic carbocycles. The molecular weight excluding hydrogens is 154 g/mol. The number of rotatable bonds is 3. The van der Waals surface area contributed by atoms with Crippen molar-refractivity contribution in [1.29, 1.82) is 0 Å². The minimum Gasteiger partial charge on any atom is -0.453 e. The summed E-state index contributed by atoms with van der Waals surface area (Å²) in [5.41, 5.74) is 0. The summed E-state index contributed by atoms with van der Waals surface area (Å²) in [4.78, 5) is 13.0. The van der Waals surface area contributed by atoms with E-state index in [2.05, 4.69) is 11.7 Å². The molecule has 0 fully saturated rings. The number of methoxy groups -OCH3 is 1. The lowest BCUT2D eigenvalue weighted by Gasteiger charge is -2.30. The molecule has 1 unspecified atom stereocenters. The molecule has 0 aromatic rings. The molecule has 0 heterocycles.